The Morgan fingerprint density at radius 3 is 2.22 bits per heavy atom. The predicted molar refractivity (Wildman–Crippen MR) is 265 cm³/mol. The molecule has 2 saturated heterocycles. The van der Waals surface area contributed by atoms with Crippen LogP contribution in [-0.4, -0.2) is 82.6 Å². The molecule has 1 aromatic heterocycles. The van der Waals surface area contributed by atoms with Crippen molar-refractivity contribution >= 4 is 63.9 Å². The number of unbranched alkanes of at least 4 members (excludes halogenated alkanes) is 1. The van der Waals surface area contributed by atoms with Gasteiger partial charge in [-0.2, -0.15) is 5.26 Å². The molecular formula is C52H56ClN7O7S. The average Bonchev–Trinajstić information content (AvgIpc) is 4.08. The number of carbonyl (C=O) groups is 4. The number of hydrogen-bond donors (Lipinski definition) is 2. The molecule has 0 saturated carbocycles. The molecular weight excluding hydrogens is 902 g/mol. The highest BCUT2D eigenvalue weighted by molar-refractivity contribution is 7.81. The third kappa shape index (κ3) is 11.1. The Labute approximate surface area is 407 Å². The van der Waals surface area contributed by atoms with Gasteiger partial charge < -0.3 is 34.3 Å². The second-order valence-electron chi connectivity index (χ2n) is 18.5. The lowest BCUT2D eigenvalue weighted by Crippen LogP contribution is -2.58. The standard InChI is InChI=1S/C52H56ClN7O7S/c1-33(34-11-13-37(14-12-34)44-30-55-32-67-44)56-47(62)43-10-9-25-58(43)48(63)46(51(2,3)4)57-45(61)31-65-26-7-8-27-66-41-23-18-36(19-24-41)35-15-20-39(21-16-35)60-50(68)59(49(64)52(60,5)6)40-22-17-38(29-54)42(53)28-40/h11-24,28,30,32-33,43,46H,7-10,25-27,31H2,1-6H3,(H,56,62)(H,57,61)/t33-,43-,46?/m0/s1. The number of thiocarbonyl (C=S) groups is 1. The molecule has 2 aliphatic rings. The molecule has 0 aliphatic carbocycles. The molecule has 354 valence electrons. The second kappa shape index (κ2) is 21.1. The van der Waals surface area contributed by atoms with Crippen LogP contribution in [0.25, 0.3) is 22.5 Å². The van der Waals surface area contributed by atoms with Crippen molar-refractivity contribution in [3.63, 3.8) is 0 Å². The molecule has 7 rings (SSSR count). The number of oxazole rings is 1. The maximum absolute atomic E-state index is 14.0. The van der Waals surface area contributed by atoms with Crippen LogP contribution in [0.15, 0.2) is 108 Å². The summed E-state index contributed by atoms with van der Waals surface area (Å²) in [6.45, 7) is 12.2. The molecule has 2 fully saturated rings. The van der Waals surface area contributed by atoms with E-state index in [-0.39, 0.29) is 35.4 Å². The molecule has 3 heterocycles. The van der Waals surface area contributed by atoms with Gasteiger partial charge >= 0.3 is 0 Å². The molecule has 5 aromatic rings. The lowest BCUT2D eigenvalue weighted by atomic mass is 9.85. The normalized spacial score (nSPS) is 16.6. The number of halogens is 1. The van der Waals surface area contributed by atoms with Gasteiger partial charge in [0.05, 0.1) is 35.1 Å². The summed E-state index contributed by atoms with van der Waals surface area (Å²) in [6, 6.07) is 28.4. The molecule has 68 heavy (non-hydrogen) atoms. The zero-order valence-electron chi connectivity index (χ0n) is 39.1. The Morgan fingerprint density at radius 2 is 1.59 bits per heavy atom. The summed E-state index contributed by atoms with van der Waals surface area (Å²) in [5, 5.41) is 15.8. The van der Waals surface area contributed by atoms with Crippen molar-refractivity contribution in [2.75, 3.05) is 36.2 Å². The van der Waals surface area contributed by atoms with E-state index < -0.39 is 28.9 Å². The fourth-order valence-electron chi connectivity index (χ4n) is 8.41. The van der Waals surface area contributed by atoms with Crippen molar-refractivity contribution in [1.82, 2.24) is 20.5 Å². The minimum absolute atomic E-state index is 0.202. The van der Waals surface area contributed by atoms with Gasteiger partial charge in [-0.1, -0.05) is 80.9 Å². The van der Waals surface area contributed by atoms with Gasteiger partial charge in [0.15, 0.2) is 17.3 Å². The van der Waals surface area contributed by atoms with Gasteiger partial charge in [-0.3, -0.25) is 24.1 Å². The molecule has 1 unspecified atom stereocenters. The minimum atomic E-state index is -0.965. The van der Waals surface area contributed by atoms with Crippen molar-refractivity contribution in [2.24, 2.45) is 5.41 Å². The molecule has 3 atom stereocenters. The van der Waals surface area contributed by atoms with E-state index in [1.54, 1.807) is 29.3 Å². The van der Waals surface area contributed by atoms with Crippen LogP contribution in [0.2, 0.25) is 5.02 Å². The zero-order chi connectivity index (χ0) is 48.8. The topological polar surface area (TPSA) is 170 Å². The minimum Gasteiger partial charge on any atom is -0.494 e. The Bertz CT molecular complexity index is 2660. The fourth-order valence-corrected chi connectivity index (χ4v) is 9.14. The lowest BCUT2D eigenvalue weighted by Gasteiger charge is -2.35. The summed E-state index contributed by atoms with van der Waals surface area (Å²) in [6.07, 6.45) is 5.60. The summed E-state index contributed by atoms with van der Waals surface area (Å²) < 4.78 is 17.1. The SMILES string of the molecule is C[C@H](NC(=O)[C@@H]1CCCN1C(=O)C(NC(=O)COCCCCOc1ccc(-c2ccc(N3C(=S)N(c4ccc(C#N)c(Cl)c4)C(=O)C3(C)C)cc2)cc1)C(C)(C)C)c1ccc(-c2cnco2)cc1. The number of amides is 4. The van der Waals surface area contributed by atoms with E-state index in [1.807, 2.05) is 125 Å². The fraction of sp³-hybridized carbons (Fsp3) is 0.365. The van der Waals surface area contributed by atoms with Gasteiger partial charge in [0, 0.05) is 24.4 Å². The van der Waals surface area contributed by atoms with Crippen LogP contribution in [0.4, 0.5) is 11.4 Å². The number of benzene rings is 4. The largest absolute Gasteiger partial charge is 0.494 e. The quantitative estimate of drug-likeness (QED) is 0.0674. The number of nitrogens with zero attached hydrogens (tertiary/aromatic N) is 5. The number of carbonyl (C=O) groups excluding carboxylic acids is 4. The monoisotopic (exact) mass is 957 g/mol. The van der Waals surface area contributed by atoms with E-state index >= 15 is 0 Å². The smallest absolute Gasteiger partial charge is 0.259 e. The summed E-state index contributed by atoms with van der Waals surface area (Å²) in [5.74, 6) is 0.249. The molecule has 0 bridgehead atoms. The van der Waals surface area contributed by atoms with Crippen LogP contribution in [0.5, 0.6) is 5.75 Å². The van der Waals surface area contributed by atoms with E-state index in [0.717, 1.165) is 33.7 Å². The van der Waals surface area contributed by atoms with Crippen molar-refractivity contribution in [1.29, 1.82) is 5.26 Å². The molecule has 16 heteroatoms. The van der Waals surface area contributed by atoms with Gasteiger partial charge in [-0.15, -0.1) is 0 Å². The number of nitrogens with one attached hydrogen (secondary N) is 2. The highest BCUT2D eigenvalue weighted by Gasteiger charge is 2.50. The van der Waals surface area contributed by atoms with Crippen LogP contribution >= 0.6 is 23.8 Å². The van der Waals surface area contributed by atoms with Gasteiger partial charge in [-0.25, -0.2) is 4.98 Å². The third-order valence-electron chi connectivity index (χ3n) is 12.2. The molecule has 2 N–H and O–H groups in total. The van der Waals surface area contributed by atoms with Gasteiger partial charge in [0.2, 0.25) is 17.7 Å². The summed E-state index contributed by atoms with van der Waals surface area (Å²) in [7, 11) is 0. The van der Waals surface area contributed by atoms with Crippen LogP contribution in [0.1, 0.15) is 84.4 Å². The number of aromatic nitrogens is 1. The van der Waals surface area contributed by atoms with Crippen molar-refractivity contribution in [3.05, 3.63) is 120 Å². The van der Waals surface area contributed by atoms with E-state index in [4.69, 9.17) is 37.7 Å². The first-order valence-electron chi connectivity index (χ1n) is 22.7. The summed E-state index contributed by atoms with van der Waals surface area (Å²) in [4.78, 5) is 63.1. The highest BCUT2D eigenvalue weighted by atomic mass is 35.5. The maximum atomic E-state index is 14.0. The number of anilines is 2. The first kappa shape index (κ1) is 49.3. The molecule has 14 nitrogen and oxygen atoms in total. The number of nitriles is 1. The van der Waals surface area contributed by atoms with Crippen molar-refractivity contribution < 1.29 is 33.1 Å². The van der Waals surface area contributed by atoms with Gasteiger partial charge in [0.25, 0.3) is 5.91 Å². The van der Waals surface area contributed by atoms with Gasteiger partial charge in [0.1, 0.15) is 36.0 Å². The van der Waals surface area contributed by atoms with Crippen molar-refractivity contribution in [2.45, 2.75) is 90.9 Å². The van der Waals surface area contributed by atoms with Crippen LogP contribution in [0, 0.1) is 16.7 Å². The lowest BCUT2D eigenvalue weighted by molar-refractivity contribution is -0.144. The Kier molecular flexibility index (Phi) is 15.3. The maximum Gasteiger partial charge on any atom is 0.259 e. The molecule has 0 spiro atoms. The first-order chi connectivity index (χ1) is 32.5. The Hall–Kier alpha value is -6.60. The van der Waals surface area contributed by atoms with E-state index in [2.05, 4.69) is 15.6 Å². The van der Waals surface area contributed by atoms with Crippen LogP contribution in [-0.2, 0) is 23.9 Å². The number of ether oxygens (including phenoxy) is 2. The molecule has 4 aromatic carbocycles. The molecule has 4 amide bonds. The van der Waals surface area contributed by atoms with Gasteiger partial charge in [-0.05, 0) is 123 Å². The van der Waals surface area contributed by atoms with E-state index in [9.17, 15) is 24.4 Å². The number of rotatable bonds is 17. The Morgan fingerprint density at radius 1 is 0.941 bits per heavy atom. The number of likely N-dealkylation sites (tertiary alicyclic amines) is 1. The van der Waals surface area contributed by atoms with E-state index in [0.29, 0.717) is 67.6 Å². The Balaban J connectivity index is 0.829. The number of hydrogen-bond acceptors (Lipinski definition) is 10. The molecule has 2 aliphatic heterocycles. The van der Waals surface area contributed by atoms with Crippen LogP contribution < -0.4 is 25.2 Å². The van der Waals surface area contributed by atoms with Crippen LogP contribution in [0.3, 0.4) is 0 Å². The zero-order valence-corrected chi connectivity index (χ0v) is 40.7. The third-order valence-corrected chi connectivity index (χ3v) is 12.9. The summed E-state index contributed by atoms with van der Waals surface area (Å²) >= 11 is 12.1. The highest BCUT2D eigenvalue weighted by Crippen LogP contribution is 2.38. The van der Waals surface area contributed by atoms with Crippen molar-refractivity contribution in [3.8, 4) is 34.3 Å². The summed E-state index contributed by atoms with van der Waals surface area (Å²) in [5.41, 5.74) is 3.74. The average molecular weight is 959 g/mol. The first-order valence-corrected chi connectivity index (χ1v) is 23.4. The van der Waals surface area contributed by atoms with E-state index in [1.165, 1.54) is 11.3 Å². The molecule has 0 radical (unpaired) electrons. The predicted octanol–water partition coefficient (Wildman–Crippen LogP) is 9.03. The second-order valence-corrected chi connectivity index (χ2v) is 19.3.